The maximum Gasteiger partial charge on any atom is 0.261 e. The minimum atomic E-state index is 0.0295. The molecule has 2 fully saturated rings. The molecule has 134 valence electrons. The lowest BCUT2D eigenvalue weighted by atomic mass is 10.2. The number of aromatic nitrogens is 5. The van der Waals surface area contributed by atoms with Gasteiger partial charge >= 0.3 is 0 Å². The summed E-state index contributed by atoms with van der Waals surface area (Å²) in [5.74, 6) is 2.24. The SMILES string of the molecule is O=C(Cc1nnc2c(-c3nc(C4CC4)no3)cccn12)N1CCOCC1. The predicted octanol–water partition coefficient (Wildman–Crippen LogP) is 1.06. The van der Waals surface area contributed by atoms with Crippen LogP contribution in [0.3, 0.4) is 0 Å². The fourth-order valence-corrected chi connectivity index (χ4v) is 3.16. The molecule has 0 spiro atoms. The summed E-state index contributed by atoms with van der Waals surface area (Å²) < 4.78 is 12.5. The Balaban J connectivity index is 1.44. The van der Waals surface area contributed by atoms with Gasteiger partial charge in [-0.05, 0) is 25.0 Å². The van der Waals surface area contributed by atoms with Gasteiger partial charge in [0.2, 0.25) is 5.91 Å². The van der Waals surface area contributed by atoms with Gasteiger partial charge in [0.25, 0.3) is 5.89 Å². The summed E-state index contributed by atoms with van der Waals surface area (Å²) in [7, 11) is 0. The molecule has 0 unspecified atom stereocenters. The van der Waals surface area contributed by atoms with E-state index in [0.29, 0.717) is 49.6 Å². The van der Waals surface area contributed by atoms with Crippen LogP contribution in [0.15, 0.2) is 22.9 Å². The number of hydrogen-bond acceptors (Lipinski definition) is 7. The van der Waals surface area contributed by atoms with Crippen LogP contribution in [-0.4, -0.2) is 61.8 Å². The smallest absolute Gasteiger partial charge is 0.261 e. The van der Waals surface area contributed by atoms with Crippen LogP contribution < -0.4 is 0 Å². The number of ether oxygens (including phenoxy) is 1. The lowest BCUT2D eigenvalue weighted by Crippen LogP contribution is -2.41. The van der Waals surface area contributed by atoms with E-state index in [-0.39, 0.29) is 12.3 Å². The van der Waals surface area contributed by atoms with Gasteiger partial charge < -0.3 is 14.2 Å². The molecule has 1 saturated heterocycles. The first-order valence-corrected chi connectivity index (χ1v) is 8.82. The second-order valence-corrected chi connectivity index (χ2v) is 6.63. The van der Waals surface area contributed by atoms with Crippen LogP contribution in [0.5, 0.6) is 0 Å². The summed E-state index contributed by atoms with van der Waals surface area (Å²) in [6.07, 6.45) is 4.27. The summed E-state index contributed by atoms with van der Waals surface area (Å²) in [5, 5.41) is 12.5. The standard InChI is InChI=1S/C17H18N6O3/c24-14(22-6-8-25-9-7-22)10-13-19-20-16-12(2-1-5-23(13)16)17-18-15(21-26-17)11-3-4-11/h1-2,5,11H,3-4,6-10H2. The molecule has 3 aromatic rings. The molecule has 0 N–H and O–H groups in total. The van der Waals surface area contributed by atoms with Gasteiger partial charge in [0, 0.05) is 25.2 Å². The van der Waals surface area contributed by atoms with E-state index in [4.69, 9.17) is 9.26 Å². The fourth-order valence-electron chi connectivity index (χ4n) is 3.16. The van der Waals surface area contributed by atoms with Gasteiger partial charge in [-0.3, -0.25) is 9.20 Å². The van der Waals surface area contributed by atoms with Crippen LogP contribution in [0.25, 0.3) is 17.1 Å². The van der Waals surface area contributed by atoms with E-state index in [0.717, 1.165) is 24.2 Å². The molecule has 9 heteroatoms. The lowest BCUT2D eigenvalue weighted by molar-refractivity contribution is -0.134. The van der Waals surface area contributed by atoms with Gasteiger partial charge in [-0.25, -0.2) is 0 Å². The van der Waals surface area contributed by atoms with E-state index >= 15 is 0 Å². The molecular formula is C17H18N6O3. The first-order chi connectivity index (χ1) is 12.8. The number of morpholine rings is 1. The van der Waals surface area contributed by atoms with Crippen LogP contribution in [-0.2, 0) is 16.0 Å². The summed E-state index contributed by atoms with van der Waals surface area (Å²) >= 11 is 0. The number of carbonyl (C=O) groups is 1. The minimum absolute atomic E-state index is 0.0295. The van der Waals surface area contributed by atoms with Gasteiger partial charge in [-0.15, -0.1) is 10.2 Å². The van der Waals surface area contributed by atoms with Crippen LogP contribution in [0.1, 0.15) is 30.4 Å². The Labute approximate surface area is 149 Å². The van der Waals surface area contributed by atoms with Crippen LogP contribution in [0, 0.1) is 0 Å². The number of fused-ring (bicyclic) bond motifs is 1. The Bertz CT molecular complexity index is 954. The highest BCUT2D eigenvalue weighted by Crippen LogP contribution is 2.39. The summed E-state index contributed by atoms with van der Waals surface area (Å²) in [5.41, 5.74) is 1.34. The number of rotatable bonds is 4. The summed E-state index contributed by atoms with van der Waals surface area (Å²) in [4.78, 5) is 18.8. The van der Waals surface area contributed by atoms with Gasteiger partial charge in [0.15, 0.2) is 11.5 Å². The number of pyridine rings is 1. The predicted molar refractivity (Wildman–Crippen MR) is 89.4 cm³/mol. The Morgan fingerprint density at radius 1 is 1.23 bits per heavy atom. The van der Waals surface area contributed by atoms with E-state index in [9.17, 15) is 4.79 Å². The van der Waals surface area contributed by atoms with Crippen LogP contribution in [0.4, 0.5) is 0 Å². The van der Waals surface area contributed by atoms with Crippen molar-refractivity contribution in [2.24, 2.45) is 0 Å². The van der Waals surface area contributed by atoms with E-state index in [1.807, 2.05) is 22.7 Å². The van der Waals surface area contributed by atoms with Crippen molar-refractivity contribution in [1.82, 2.24) is 29.6 Å². The van der Waals surface area contributed by atoms with Gasteiger partial charge in [-0.2, -0.15) is 4.98 Å². The van der Waals surface area contributed by atoms with Gasteiger partial charge in [0.05, 0.1) is 25.2 Å². The van der Waals surface area contributed by atoms with Crippen molar-refractivity contribution in [2.45, 2.75) is 25.2 Å². The van der Waals surface area contributed by atoms with Gasteiger partial charge in [0.1, 0.15) is 5.82 Å². The summed E-state index contributed by atoms with van der Waals surface area (Å²) in [6.45, 7) is 2.40. The van der Waals surface area contributed by atoms with Gasteiger partial charge in [-0.1, -0.05) is 5.16 Å². The maximum atomic E-state index is 12.5. The van der Waals surface area contributed by atoms with Crippen molar-refractivity contribution in [3.63, 3.8) is 0 Å². The van der Waals surface area contributed by atoms with Crippen molar-refractivity contribution < 1.29 is 14.1 Å². The molecule has 0 bridgehead atoms. The Kier molecular flexibility index (Phi) is 3.66. The lowest BCUT2D eigenvalue weighted by Gasteiger charge is -2.26. The first-order valence-electron chi connectivity index (χ1n) is 8.82. The third kappa shape index (κ3) is 2.74. The molecule has 4 heterocycles. The second-order valence-electron chi connectivity index (χ2n) is 6.63. The molecule has 9 nitrogen and oxygen atoms in total. The number of nitrogens with zero attached hydrogens (tertiary/aromatic N) is 6. The zero-order valence-corrected chi connectivity index (χ0v) is 14.2. The van der Waals surface area contributed by atoms with Crippen molar-refractivity contribution in [3.8, 4) is 11.5 Å². The monoisotopic (exact) mass is 354 g/mol. The van der Waals surface area contributed by atoms with Crippen LogP contribution in [0.2, 0.25) is 0 Å². The minimum Gasteiger partial charge on any atom is -0.378 e. The zero-order chi connectivity index (χ0) is 17.5. The van der Waals surface area contributed by atoms with Crippen molar-refractivity contribution >= 4 is 11.6 Å². The highest BCUT2D eigenvalue weighted by molar-refractivity contribution is 5.79. The Morgan fingerprint density at radius 2 is 2.08 bits per heavy atom. The third-order valence-electron chi connectivity index (χ3n) is 4.79. The van der Waals surface area contributed by atoms with Crippen molar-refractivity contribution in [2.75, 3.05) is 26.3 Å². The van der Waals surface area contributed by atoms with E-state index in [1.165, 1.54) is 0 Å². The average Bonchev–Trinajstić information content (AvgIpc) is 3.28. The number of amides is 1. The molecule has 3 aromatic heterocycles. The molecule has 1 saturated carbocycles. The van der Waals surface area contributed by atoms with Crippen molar-refractivity contribution in [3.05, 3.63) is 30.0 Å². The average molecular weight is 354 g/mol. The second kappa shape index (κ2) is 6.17. The zero-order valence-electron chi connectivity index (χ0n) is 14.2. The number of carbonyl (C=O) groups excluding carboxylic acids is 1. The summed E-state index contributed by atoms with van der Waals surface area (Å²) in [6, 6.07) is 3.75. The third-order valence-corrected chi connectivity index (χ3v) is 4.79. The van der Waals surface area contributed by atoms with E-state index in [1.54, 1.807) is 4.90 Å². The molecule has 2 aliphatic rings. The first kappa shape index (κ1) is 15.4. The quantitative estimate of drug-likeness (QED) is 0.691. The Morgan fingerprint density at radius 3 is 2.88 bits per heavy atom. The molecule has 5 rings (SSSR count). The van der Waals surface area contributed by atoms with Crippen molar-refractivity contribution in [1.29, 1.82) is 0 Å². The fraction of sp³-hybridized carbons (Fsp3) is 0.471. The molecular weight excluding hydrogens is 336 g/mol. The highest BCUT2D eigenvalue weighted by atomic mass is 16.5. The molecule has 0 atom stereocenters. The highest BCUT2D eigenvalue weighted by Gasteiger charge is 2.29. The molecule has 1 aliphatic carbocycles. The Hall–Kier alpha value is -2.81. The van der Waals surface area contributed by atoms with E-state index < -0.39 is 0 Å². The largest absolute Gasteiger partial charge is 0.378 e. The van der Waals surface area contributed by atoms with Crippen LogP contribution >= 0.6 is 0 Å². The topological polar surface area (TPSA) is 98.6 Å². The van der Waals surface area contributed by atoms with E-state index in [2.05, 4.69) is 20.3 Å². The maximum absolute atomic E-state index is 12.5. The molecule has 1 amide bonds. The normalized spacial score (nSPS) is 17.8. The molecule has 26 heavy (non-hydrogen) atoms. The number of hydrogen-bond donors (Lipinski definition) is 0. The molecule has 0 radical (unpaired) electrons. The molecule has 0 aromatic carbocycles. The molecule has 1 aliphatic heterocycles.